The minimum absolute atomic E-state index is 0.648. The summed E-state index contributed by atoms with van der Waals surface area (Å²) in [6.07, 6.45) is 1.78. The third-order valence-corrected chi connectivity index (χ3v) is 2.38. The molecular formula is C8H10O. The van der Waals surface area contributed by atoms with Gasteiger partial charge < -0.3 is 4.42 Å². The fourth-order valence-corrected chi connectivity index (χ4v) is 1.48. The molecule has 1 aliphatic rings. The van der Waals surface area contributed by atoms with Crippen molar-refractivity contribution in [2.24, 2.45) is 0 Å². The summed E-state index contributed by atoms with van der Waals surface area (Å²) in [5.41, 5.74) is 1.41. The Kier molecular flexibility index (Phi) is 0.797. The molecule has 0 spiro atoms. The molecule has 1 heterocycles. The van der Waals surface area contributed by atoms with E-state index < -0.39 is 0 Å². The standard InChI is InChI=1S/C8H10O/c1-5-6(2)8-7(5)3-4-9-8/h3-6H,1-2H3/t5-,6+/m0/s1. The van der Waals surface area contributed by atoms with E-state index in [4.69, 9.17) is 4.42 Å². The van der Waals surface area contributed by atoms with Crippen LogP contribution in [-0.4, -0.2) is 0 Å². The molecule has 9 heavy (non-hydrogen) atoms. The summed E-state index contributed by atoms with van der Waals surface area (Å²) in [6, 6.07) is 2.07. The minimum Gasteiger partial charge on any atom is -0.469 e. The fourth-order valence-electron chi connectivity index (χ4n) is 1.48. The summed E-state index contributed by atoms with van der Waals surface area (Å²) in [4.78, 5) is 0. The van der Waals surface area contributed by atoms with E-state index in [2.05, 4.69) is 19.9 Å². The Bertz CT molecular complexity index is 202. The van der Waals surface area contributed by atoms with E-state index in [1.165, 1.54) is 11.3 Å². The van der Waals surface area contributed by atoms with E-state index in [-0.39, 0.29) is 0 Å². The molecule has 0 bridgehead atoms. The average Bonchev–Trinajstić information content (AvgIpc) is 2.30. The van der Waals surface area contributed by atoms with Crippen molar-refractivity contribution in [2.45, 2.75) is 25.7 Å². The van der Waals surface area contributed by atoms with Gasteiger partial charge in [0.25, 0.3) is 0 Å². The number of hydrogen-bond donors (Lipinski definition) is 0. The topological polar surface area (TPSA) is 13.1 Å². The van der Waals surface area contributed by atoms with Gasteiger partial charge in [0.15, 0.2) is 0 Å². The summed E-state index contributed by atoms with van der Waals surface area (Å²) >= 11 is 0. The summed E-state index contributed by atoms with van der Waals surface area (Å²) in [6.45, 7) is 4.44. The van der Waals surface area contributed by atoms with Gasteiger partial charge in [-0.25, -0.2) is 0 Å². The van der Waals surface area contributed by atoms with Gasteiger partial charge in [0.05, 0.1) is 6.26 Å². The average molecular weight is 122 g/mol. The van der Waals surface area contributed by atoms with Crippen molar-refractivity contribution in [1.82, 2.24) is 0 Å². The molecule has 0 radical (unpaired) electrons. The van der Waals surface area contributed by atoms with Crippen LogP contribution in [0.4, 0.5) is 0 Å². The predicted octanol–water partition coefficient (Wildman–Crippen LogP) is 2.50. The molecule has 0 fully saturated rings. The highest BCUT2D eigenvalue weighted by molar-refractivity contribution is 5.36. The van der Waals surface area contributed by atoms with Crippen molar-refractivity contribution in [3.63, 3.8) is 0 Å². The molecule has 0 aliphatic heterocycles. The second-order valence-corrected chi connectivity index (χ2v) is 2.82. The largest absolute Gasteiger partial charge is 0.469 e. The first-order chi connectivity index (χ1) is 4.30. The molecule has 1 aliphatic carbocycles. The van der Waals surface area contributed by atoms with Gasteiger partial charge in [-0.3, -0.25) is 0 Å². The maximum atomic E-state index is 5.23. The van der Waals surface area contributed by atoms with Crippen molar-refractivity contribution >= 4 is 0 Å². The van der Waals surface area contributed by atoms with Crippen molar-refractivity contribution in [1.29, 1.82) is 0 Å². The highest BCUT2D eigenvalue weighted by atomic mass is 16.3. The molecule has 1 aromatic rings. The van der Waals surface area contributed by atoms with Crippen LogP contribution in [0, 0.1) is 0 Å². The van der Waals surface area contributed by atoms with Gasteiger partial charge in [-0.15, -0.1) is 0 Å². The molecule has 0 aromatic carbocycles. The van der Waals surface area contributed by atoms with E-state index in [0.29, 0.717) is 5.92 Å². The van der Waals surface area contributed by atoms with Crippen LogP contribution in [0.2, 0.25) is 0 Å². The van der Waals surface area contributed by atoms with Crippen molar-refractivity contribution in [3.8, 4) is 0 Å². The molecule has 1 aromatic heterocycles. The van der Waals surface area contributed by atoms with E-state index in [0.717, 1.165) is 5.92 Å². The minimum atomic E-state index is 0.648. The number of furan rings is 1. The Balaban J connectivity index is 2.50. The van der Waals surface area contributed by atoms with Gasteiger partial charge in [0, 0.05) is 5.92 Å². The van der Waals surface area contributed by atoms with Gasteiger partial charge >= 0.3 is 0 Å². The van der Waals surface area contributed by atoms with E-state index in [1.807, 2.05) is 0 Å². The molecule has 0 saturated heterocycles. The number of hydrogen-bond acceptors (Lipinski definition) is 1. The highest BCUT2D eigenvalue weighted by Crippen LogP contribution is 2.46. The quantitative estimate of drug-likeness (QED) is 0.515. The molecule has 1 nitrogen and oxygen atoms in total. The zero-order valence-corrected chi connectivity index (χ0v) is 5.72. The van der Waals surface area contributed by atoms with Crippen LogP contribution in [0.5, 0.6) is 0 Å². The van der Waals surface area contributed by atoms with Crippen LogP contribution in [0.15, 0.2) is 16.7 Å². The third-order valence-electron chi connectivity index (χ3n) is 2.38. The Morgan fingerprint density at radius 3 is 2.78 bits per heavy atom. The Morgan fingerprint density at radius 1 is 1.33 bits per heavy atom. The molecule has 0 amide bonds. The van der Waals surface area contributed by atoms with Crippen LogP contribution >= 0.6 is 0 Å². The van der Waals surface area contributed by atoms with Crippen LogP contribution < -0.4 is 0 Å². The molecule has 48 valence electrons. The summed E-state index contributed by atoms with van der Waals surface area (Å²) in [7, 11) is 0. The maximum Gasteiger partial charge on any atom is 0.110 e. The molecule has 1 heteroatoms. The lowest BCUT2D eigenvalue weighted by molar-refractivity contribution is 0.393. The number of rotatable bonds is 0. The Morgan fingerprint density at radius 2 is 2.11 bits per heavy atom. The molecule has 2 rings (SSSR count). The van der Waals surface area contributed by atoms with Gasteiger partial charge in [-0.05, 0) is 17.5 Å². The van der Waals surface area contributed by atoms with Gasteiger partial charge in [-0.2, -0.15) is 0 Å². The fraction of sp³-hybridized carbons (Fsp3) is 0.500. The summed E-state index contributed by atoms with van der Waals surface area (Å²) in [5, 5.41) is 0. The molecule has 0 unspecified atom stereocenters. The first kappa shape index (κ1) is 5.10. The SMILES string of the molecule is C[C@@H]1c2ccoc2[C@@H]1C. The predicted molar refractivity (Wildman–Crippen MR) is 35.5 cm³/mol. The van der Waals surface area contributed by atoms with Crippen LogP contribution in [-0.2, 0) is 0 Å². The zero-order valence-electron chi connectivity index (χ0n) is 5.72. The third kappa shape index (κ3) is 0.448. The lowest BCUT2D eigenvalue weighted by Crippen LogP contribution is -2.16. The first-order valence-corrected chi connectivity index (χ1v) is 3.38. The number of fused-ring (bicyclic) bond motifs is 1. The van der Waals surface area contributed by atoms with Crippen molar-refractivity contribution in [2.75, 3.05) is 0 Å². The molecule has 0 saturated carbocycles. The van der Waals surface area contributed by atoms with E-state index in [9.17, 15) is 0 Å². The van der Waals surface area contributed by atoms with Crippen molar-refractivity contribution in [3.05, 3.63) is 23.7 Å². The van der Waals surface area contributed by atoms with Gasteiger partial charge in [0.2, 0.25) is 0 Å². The Labute approximate surface area is 54.7 Å². The van der Waals surface area contributed by atoms with Crippen LogP contribution in [0.3, 0.4) is 0 Å². The molecular weight excluding hydrogens is 112 g/mol. The van der Waals surface area contributed by atoms with E-state index in [1.54, 1.807) is 6.26 Å². The first-order valence-electron chi connectivity index (χ1n) is 3.38. The normalized spacial score (nSPS) is 31.3. The van der Waals surface area contributed by atoms with Crippen LogP contribution in [0.1, 0.15) is 37.0 Å². The lowest BCUT2D eigenvalue weighted by Gasteiger charge is -2.28. The lowest BCUT2D eigenvalue weighted by atomic mass is 9.75. The summed E-state index contributed by atoms with van der Waals surface area (Å²) < 4.78 is 5.23. The maximum absolute atomic E-state index is 5.23. The van der Waals surface area contributed by atoms with E-state index >= 15 is 0 Å². The second-order valence-electron chi connectivity index (χ2n) is 2.82. The van der Waals surface area contributed by atoms with Gasteiger partial charge in [-0.1, -0.05) is 13.8 Å². The highest BCUT2D eigenvalue weighted by Gasteiger charge is 2.33. The molecule has 2 atom stereocenters. The summed E-state index contributed by atoms with van der Waals surface area (Å²) in [5.74, 6) is 2.57. The van der Waals surface area contributed by atoms with Crippen LogP contribution in [0.25, 0.3) is 0 Å². The monoisotopic (exact) mass is 122 g/mol. The molecule has 0 N–H and O–H groups in total. The van der Waals surface area contributed by atoms with Gasteiger partial charge in [0.1, 0.15) is 5.76 Å². The smallest absolute Gasteiger partial charge is 0.110 e. The Hall–Kier alpha value is -0.720. The zero-order chi connectivity index (χ0) is 6.43. The van der Waals surface area contributed by atoms with Crippen molar-refractivity contribution < 1.29 is 4.42 Å². The second kappa shape index (κ2) is 1.41.